The van der Waals surface area contributed by atoms with Crippen molar-refractivity contribution in [3.63, 3.8) is 0 Å². The Morgan fingerprint density at radius 1 is 1.20 bits per heavy atom. The van der Waals surface area contributed by atoms with E-state index in [0.29, 0.717) is 0 Å². The number of hydrogen-bond donors (Lipinski definition) is 0. The van der Waals surface area contributed by atoms with Gasteiger partial charge in [-0.1, -0.05) is 0 Å². The van der Waals surface area contributed by atoms with Gasteiger partial charge in [0.15, 0.2) is 5.69 Å². The van der Waals surface area contributed by atoms with E-state index in [1.165, 1.54) is 18.3 Å². The summed E-state index contributed by atoms with van der Waals surface area (Å²) in [5, 5.41) is 0. The number of carbonyl (C=O) groups is 2. The Morgan fingerprint density at radius 2 is 1.80 bits per heavy atom. The molecule has 0 spiro atoms. The number of carbonyl (C=O) groups excluding carboxylic acids is 2. The Morgan fingerprint density at radius 3 is 2.33 bits per heavy atom. The zero-order valence-corrected chi connectivity index (χ0v) is 8.08. The van der Waals surface area contributed by atoms with Gasteiger partial charge in [0.2, 0.25) is 0 Å². The van der Waals surface area contributed by atoms with E-state index >= 15 is 0 Å². The minimum absolute atomic E-state index is 0. The van der Waals surface area contributed by atoms with Gasteiger partial charge in [-0.05, 0) is 12.1 Å². The molecule has 15 heavy (non-hydrogen) atoms. The summed E-state index contributed by atoms with van der Waals surface area (Å²) >= 11 is 9.68. The van der Waals surface area contributed by atoms with Gasteiger partial charge in [-0.25, -0.2) is 14.6 Å². The fourth-order valence-electron chi connectivity index (χ4n) is 0.811. The van der Waals surface area contributed by atoms with Gasteiger partial charge in [0.05, 0.1) is 5.56 Å². The van der Waals surface area contributed by atoms with Crippen LogP contribution in [-0.2, 0) is 8.58 Å². The van der Waals surface area contributed by atoms with Gasteiger partial charge in [-0.2, -0.15) is 0 Å². The van der Waals surface area contributed by atoms with Gasteiger partial charge in [-0.15, -0.1) is 0 Å². The molecule has 1 aromatic heterocycles. The summed E-state index contributed by atoms with van der Waals surface area (Å²) in [6, 6.07) is 2.75. The Labute approximate surface area is 138 Å². The summed E-state index contributed by atoms with van der Waals surface area (Å²) < 4.78 is 7.81. The third kappa shape index (κ3) is 3.99. The van der Waals surface area contributed by atoms with Crippen molar-refractivity contribution in [3.05, 3.63) is 29.6 Å². The fraction of sp³-hybridized carbons (Fsp3) is 0. The summed E-state index contributed by atoms with van der Waals surface area (Å²) in [7, 11) is 0. The van der Waals surface area contributed by atoms with Crippen LogP contribution < -0.4 is 0 Å². The molecule has 0 bridgehead atoms. The maximum absolute atomic E-state index is 11.0. The van der Waals surface area contributed by atoms with Crippen LogP contribution >= 0.6 is 23.7 Å². The molecule has 1 heterocycles. The number of pyridine rings is 1. The molecule has 0 aliphatic carbocycles. The van der Waals surface area contributed by atoms with Crippen LogP contribution in [0.5, 0.6) is 0 Å². The first kappa shape index (κ1) is 15.3. The van der Waals surface area contributed by atoms with Crippen molar-refractivity contribution in [2.75, 3.05) is 0 Å². The standard InChI is InChI=1S/C7H3Cl2NO4.K.H/c8-13-6(11)4-2-1-3-10-5(4)7(12)14-9;;/h1-3H;;. The van der Waals surface area contributed by atoms with Crippen molar-refractivity contribution in [3.8, 4) is 0 Å². The van der Waals surface area contributed by atoms with Gasteiger partial charge in [-0.3, -0.25) is 0 Å². The van der Waals surface area contributed by atoms with E-state index in [1.807, 2.05) is 0 Å². The van der Waals surface area contributed by atoms with Gasteiger partial charge < -0.3 is 8.58 Å². The molecule has 0 saturated carbocycles. The minimum atomic E-state index is -0.954. The van der Waals surface area contributed by atoms with Gasteiger partial charge in [0.1, 0.15) is 23.7 Å². The van der Waals surface area contributed by atoms with Crippen LogP contribution in [0.3, 0.4) is 0 Å². The van der Waals surface area contributed by atoms with Gasteiger partial charge in [0.25, 0.3) is 0 Å². The van der Waals surface area contributed by atoms with E-state index in [-0.39, 0.29) is 62.6 Å². The molecule has 5 nitrogen and oxygen atoms in total. The summed E-state index contributed by atoms with van der Waals surface area (Å²) in [5.74, 6) is -1.86. The fourth-order valence-corrected chi connectivity index (χ4v) is 0.967. The maximum atomic E-state index is 11.0. The molecule has 0 N–H and O–H groups in total. The van der Waals surface area contributed by atoms with Crippen LogP contribution in [0, 0.1) is 0 Å². The van der Waals surface area contributed by atoms with Crippen LogP contribution in [0.25, 0.3) is 0 Å². The topological polar surface area (TPSA) is 65.5 Å². The molecule has 0 atom stereocenters. The monoisotopic (exact) mass is 275 g/mol. The van der Waals surface area contributed by atoms with E-state index in [2.05, 4.69) is 13.6 Å². The average Bonchev–Trinajstić information content (AvgIpc) is 2.27. The first-order valence-electron chi connectivity index (χ1n) is 3.31. The Bertz CT molecular complexity index is 339. The van der Waals surface area contributed by atoms with Crippen molar-refractivity contribution in [1.29, 1.82) is 0 Å². The molecule has 0 amide bonds. The molecule has 0 aliphatic heterocycles. The Kier molecular flexibility index (Phi) is 7.71. The van der Waals surface area contributed by atoms with Crippen molar-refractivity contribution in [2.45, 2.75) is 0 Å². The van der Waals surface area contributed by atoms with Crippen molar-refractivity contribution >= 4 is 87.1 Å². The second kappa shape index (κ2) is 7.56. The van der Waals surface area contributed by atoms with Crippen LogP contribution in [0.2, 0.25) is 0 Å². The second-order valence-corrected chi connectivity index (χ2v) is 2.44. The van der Waals surface area contributed by atoms with E-state index in [9.17, 15) is 9.59 Å². The number of halogens is 2. The molecule has 0 radical (unpaired) electrons. The zero-order valence-electron chi connectivity index (χ0n) is 6.57. The van der Waals surface area contributed by atoms with Crippen molar-refractivity contribution in [1.82, 2.24) is 4.98 Å². The van der Waals surface area contributed by atoms with E-state index in [4.69, 9.17) is 23.7 Å². The third-order valence-corrected chi connectivity index (χ3v) is 1.64. The molecule has 8 heteroatoms. The normalized spacial score (nSPS) is 8.67. The molecule has 0 unspecified atom stereocenters. The molecular weight excluding hydrogens is 272 g/mol. The Hall–Kier alpha value is 0.306. The molecule has 0 fully saturated rings. The van der Waals surface area contributed by atoms with Crippen LogP contribution in [-0.4, -0.2) is 68.3 Å². The first-order chi connectivity index (χ1) is 6.70. The van der Waals surface area contributed by atoms with Gasteiger partial charge >= 0.3 is 63.3 Å². The Balaban J connectivity index is 0.00000196. The predicted molar refractivity (Wildman–Crippen MR) is 53.9 cm³/mol. The average molecular weight is 276 g/mol. The molecule has 1 aromatic rings. The summed E-state index contributed by atoms with van der Waals surface area (Å²) in [5.41, 5.74) is -0.374. The zero-order chi connectivity index (χ0) is 10.6. The molecular formula is C7H4Cl2KNO4. The number of aromatic nitrogens is 1. The quantitative estimate of drug-likeness (QED) is 0.755. The molecule has 0 aromatic carbocycles. The van der Waals surface area contributed by atoms with Crippen LogP contribution in [0.4, 0.5) is 0 Å². The van der Waals surface area contributed by atoms with Gasteiger partial charge in [0, 0.05) is 6.20 Å². The number of hydrogen-bond acceptors (Lipinski definition) is 5. The van der Waals surface area contributed by atoms with Crippen LogP contribution in [0.1, 0.15) is 20.8 Å². The summed E-state index contributed by atoms with van der Waals surface area (Å²) in [6.45, 7) is 0. The molecule has 0 saturated heterocycles. The summed E-state index contributed by atoms with van der Waals surface area (Å²) in [4.78, 5) is 25.6. The van der Waals surface area contributed by atoms with Crippen LogP contribution in [0.15, 0.2) is 18.3 Å². The number of nitrogens with zero attached hydrogens (tertiary/aromatic N) is 1. The molecule has 76 valence electrons. The number of rotatable bonds is 2. The predicted octanol–water partition coefficient (Wildman–Crippen LogP) is 1.05. The van der Waals surface area contributed by atoms with Crippen molar-refractivity contribution < 1.29 is 18.2 Å². The SMILES string of the molecule is O=C(OCl)c1cccnc1C(=O)OCl.[KH]. The first-order valence-corrected chi connectivity index (χ1v) is 3.93. The van der Waals surface area contributed by atoms with Crippen molar-refractivity contribution in [2.24, 2.45) is 0 Å². The summed E-state index contributed by atoms with van der Waals surface area (Å²) in [6.07, 6.45) is 1.30. The van der Waals surface area contributed by atoms with E-state index < -0.39 is 11.9 Å². The molecule has 1 rings (SSSR count). The van der Waals surface area contributed by atoms with E-state index in [0.717, 1.165) is 0 Å². The third-order valence-electron chi connectivity index (χ3n) is 1.36. The molecule has 0 aliphatic rings. The van der Waals surface area contributed by atoms with E-state index in [1.54, 1.807) is 0 Å². The second-order valence-electron chi connectivity index (χ2n) is 2.13.